The van der Waals surface area contributed by atoms with E-state index >= 15 is 0 Å². The number of carbonyl (C=O) groups excluding carboxylic acids is 1. The lowest BCUT2D eigenvalue weighted by Gasteiger charge is -2.20. The zero-order chi connectivity index (χ0) is 11.2. The summed E-state index contributed by atoms with van der Waals surface area (Å²) in [6, 6.07) is 0.146. The van der Waals surface area contributed by atoms with Gasteiger partial charge in [-0.25, -0.2) is 0 Å². The minimum atomic E-state index is -0.423. The lowest BCUT2D eigenvalue weighted by molar-refractivity contribution is -0.153. The van der Waals surface area contributed by atoms with E-state index in [-0.39, 0.29) is 18.6 Å². The van der Waals surface area contributed by atoms with Gasteiger partial charge in [-0.3, -0.25) is 4.79 Å². The Morgan fingerprint density at radius 2 is 2.14 bits per heavy atom. The van der Waals surface area contributed by atoms with Gasteiger partial charge in [-0.15, -0.1) is 12.3 Å². The van der Waals surface area contributed by atoms with E-state index in [1.165, 1.54) is 0 Å². The fourth-order valence-electron chi connectivity index (χ4n) is 0.884. The Morgan fingerprint density at radius 1 is 1.57 bits per heavy atom. The molecule has 1 atom stereocenters. The van der Waals surface area contributed by atoms with Crippen LogP contribution in [0.25, 0.3) is 0 Å². The van der Waals surface area contributed by atoms with Crippen molar-refractivity contribution in [1.29, 1.82) is 0 Å². The van der Waals surface area contributed by atoms with Crippen molar-refractivity contribution in [3.63, 3.8) is 0 Å². The Kier molecular flexibility index (Phi) is 5.26. The summed E-state index contributed by atoms with van der Waals surface area (Å²) in [6.45, 7) is 7.67. The molecule has 0 heterocycles. The van der Waals surface area contributed by atoms with Gasteiger partial charge in [0.2, 0.25) is 0 Å². The zero-order valence-corrected chi connectivity index (χ0v) is 9.39. The Morgan fingerprint density at radius 3 is 2.57 bits per heavy atom. The number of esters is 1. The number of hydrogen-bond donors (Lipinski definition) is 1. The highest BCUT2D eigenvalue weighted by molar-refractivity contribution is 5.72. The highest BCUT2D eigenvalue weighted by Gasteiger charge is 2.16. The van der Waals surface area contributed by atoms with Crippen molar-refractivity contribution in [1.82, 2.24) is 5.32 Å². The van der Waals surface area contributed by atoms with Crippen molar-refractivity contribution in [3.8, 4) is 12.3 Å². The first kappa shape index (κ1) is 13.0. The molecule has 1 N–H and O–H groups in total. The summed E-state index contributed by atoms with van der Waals surface area (Å²) in [6.07, 6.45) is 5.75. The summed E-state index contributed by atoms with van der Waals surface area (Å²) in [4.78, 5) is 11.2. The van der Waals surface area contributed by atoms with E-state index in [2.05, 4.69) is 11.2 Å². The molecule has 0 saturated heterocycles. The third kappa shape index (κ3) is 7.63. The van der Waals surface area contributed by atoms with Crippen LogP contribution in [0.15, 0.2) is 0 Å². The van der Waals surface area contributed by atoms with Crippen LogP contribution < -0.4 is 5.32 Å². The van der Waals surface area contributed by atoms with Crippen molar-refractivity contribution in [3.05, 3.63) is 0 Å². The smallest absolute Gasteiger partial charge is 0.320 e. The molecule has 0 rings (SSSR count). The van der Waals surface area contributed by atoms with Crippen LogP contribution in [-0.4, -0.2) is 24.2 Å². The second-order valence-corrected chi connectivity index (χ2v) is 4.28. The summed E-state index contributed by atoms with van der Waals surface area (Å²) < 4.78 is 5.11. The third-order valence-corrected chi connectivity index (χ3v) is 1.44. The quantitative estimate of drug-likeness (QED) is 0.546. The highest BCUT2D eigenvalue weighted by atomic mass is 16.6. The first-order chi connectivity index (χ1) is 6.35. The maximum atomic E-state index is 11.2. The predicted molar refractivity (Wildman–Crippen MR) is 56.8 cm³/mol. The van der Waals surface area contributed by atoms with Gasteiger partial charge in [-0.1, -0.05) is 0 Å². The molecule has 80 valence electrons. The molecule has 0 spiro atoms. The van der Waals surface area contributed by atoms with E-state index in [4.69, 9.17) is 11.2 Å². The van der Waals surface area contributed by atoms with Crippen LogP contribution >= 0.6 is 0 Å². The van der Waals surface area contributed by atoms with Crippen LogP contribution in [0.5, 0.6) is 0 Å². The molecule has 0 aromatic rings. The SMILES string of the molecule is C#CCC(C)NCC(=O)OC(C)(C)C. The Labute approximate surface area is 86.2 Å². The maximum Gasteiger partial charge on any atom is 0.320 e. The topological polar surface area (TPSA) is 38.3 Å². The van der Waals surface area contributed by atoms with Crippen molar-refractivity contribution >= 4 is 5.97 Å². The van der Waals surface area contributed by atoms with E-state index in [1.54, 1.807) is 0 Å². The molecule has 1 unspecified atom stereocenters. The van der Waals surface area contributed by atoms with Gasteiger partial charge >= 0.3 is 5.97 Å². The molecule has 0 aliphatic carbocycles. The predicted octanol–water partition coefficient (Wildman–Crippen LogP) is 1.33. The number of nitrogens with one attached hydrogen (secondary N) is 1. The number of hydrogen-bond acceptors (Lipinski definition) is 3. The zero-order valence-electron chi connectivity index (χ0n) is 9.39. The van der Waals surface area contributed by atoms with Crippen LogP contribution in [0.1, 0.15) is 34.1 Å². The van der Waals surface area contributed by atoms with E-state index in [1.807, 2.05) is 27.7 Å². The van der Waals surface area contributed by atoms with E-state index in [0.29, 0.717) is 6.42 Å². The normalized spacial score (nSPS) is 13.1. The minimum absolute atomic E-state index is 0.146. The summed E-state index contributed by atoms with van der Waals surface area (Å²) in [5.74, 6) is 2.28. The largest absolute Gasteiger partial charge is 0.459 e. The number of ether oxygens (including phenoxy) is 1. The highest BCUT2D eigenvalue weighted by Crippen LogP contribution is 2.06. The van der Waals surface area contributed by atoms with Gasteiger partial charge in [0.15, 0.2) is 0 Å². The molecule has 0 radical (unpaired) electrons. The summed E-state index contributed by atoms with van der Waals surface area (Å²) in [7, 11) is 0. The average Bonchev–Trinajstić information content (AvgIpc) is 1.98. The molecular weight excluding hydrogens is 178 g/mol. The van der Waals surface area contributed by atoms with E-state index < -0.39 is 5.60 Å². The number of carbonyl (C=O) groups is 1. The molecule has 14 heavy (non-hydrogen) atoms. The van der Waals surface area contributed by atoms with Crippen LogP contribution in [0.3, 0.4) is 0 Å². The maximum absolute atomic E-state index is 11.2. The molecule has 0 aliphatic heterocycles. The van der Waals surface area contributed by atoms with E-state index in [0.717, 1.165) is 0 Å². The summed E-state index contributed by atoms with van der Waals surface area (Å²) in [5.41, 5.74) is -0.423. The van der Waals surface area contributed by atoms with Crippen LogP contribution in [0, 0.1) is 12.3 Å². The van der Waals surface area contributed by atoms with Crippen molar-refractivity contribution in [2.45, 2.75) is 45.8 Å². The molecule has 0 amide bonds. The van der Waals surface area contributed by atoms with Crippen LogP contribution in [0.4, 0.5) is 0 Å². The summed E-state index contributed by atoms with van der Waals surface area (Å²) >= 11 is 0. The first-order valence-electron chi connectivity index (χ1n) is 4.74. The Hall–Kier alpha value is -1.01. The van der Waals surface area contributed by atoms with Crippen molar-refractivity contribution in [2.75, 3.05) is 6.54 Å². The molecule has 0 aromatic heterocycles. The molecule has 0 aromatic carbocycles. The fraction of sp³-hybridized carbons (Fsp3) is 0.727. The van der Waals surface area contributed by atoms with Crippen molar-refractivity contribution in [2.24, 2.45) is 0 Å². The van der Waals surface area contributed by atoms with Gasteiger partial charge in [0.1, 0.15) is 5.60 Å². The fourth-order valence-corrected chi connectivity index (χ4v) is 0.884. The minimum Gasteiger partial charge on any atom is -0.459 e. The molecule has 0 fully saturated rings. The van der Waals surface area contributed by atoms with Gasteiger partial charge in [0, 0.05) is 12.5 Å². The lowest BCUT2D eigenvalue weighted by atomic mass is 10.2. The second kappa shape index (κ2) is 5.66. The molecule has 0 aliphatic rings. The molecular formula is C11H19NO2. The Balaban J connectivity index is 3.71. The van der Waals surface area contributed by atoms with Crippen molar-refractivity contribution < 1.29 is 9.53 Å². The Bertz CT molecular complexity index is 222. The summed E-state index contributed by atoms with van der Waals surface area (Å²) in [5, 5.41) is 2.99. The van der Waals surface area contributed by atoms with Crippen LogP contribution in [-0.2, 0) is 9.53 Å². The standard InChI is InChI=1S/C11H19NO2/c1-6-7-9(2)12-8-10(13)14-11(3,4)5/h1,9,12H,7-8H2,2-5H3. The third-order valence-electron chi connectivity index (χ3n) is 1.44. The second-order valence-electron chi connectivity index (χ2n) is 4.28. The first-order valence-corrected chi connectivity index (χ1v) is 4.74. The average molecular weight is 197 g/mol. The number of terminal acetylenes is 1. The molecule has 3 nitrogen and oxygen atoms in total. The lowest BCUT2D eigenvalue weighted by Crippen LogP contribution is -2.35. The number of rotatable bonds is 4. The van der Waals surface area contributed by atoms with Gasteiger partial charge in [-0.2, -0.15) is 0 Å². The van der Waals surface area contributed by atoms with Gasteiger partial charge < -0.3 is 10.1 Å². The van der Waals surface area contributed by atoms with E-state index in [9.17, 15) is 4.79 Å². The van der Waals surface area contributed by atoms with Gasteiger partial charge in [0.25, 0.3) is 0 Å². The van der Waals surface area contributed by atoms with Gasteiger partial charge in [0.05, 0.1) is 6.54 Å². The van der Waals surface area contributed by atoms with Crippen LogP contribution in [0.2, 0.25) is 0 Å². The van der Waals surface area contributed by atoms with Gasteiger partial charge in [-0.05, 0) is 27.7 Å². The molecule has 3 heteroatoms. The molecule has 0 bridgehead atoms. The monoisotopic (exact) mass is 197 g/mol. The molecule has 0 saturated carbocycles.